The lowest BCUT2D eigenvalue weighted by molar-refractivity contribution is -0.144. The van der Waals surface area contributed by atoms with E-state index in [4.69, 9.17) is 9.47 Å². The van der Waals surface area contributed by atoms with Gasteiger partial charge in [0.15, 0.2) is 0 Å². The predicted molar refractivity (Wildman–Crippen MR) is 81.6 cm³/mol. The van der Waals surface area contributed by atoms with Crippen molar-refractivity contribution in [3.63, 3.8) is 0 Å². The number of hydrogen-bond acceptors (Lipinski definition) is 4. The second kappa shape index (κ2) is 7.75. The Kier molecular flexibility index (Phi) is 5.99. The van der Waals surface area contributed by atoms with E-state index in [1.807, 2.05) is 35.2 Å². The van der Waals surface area contributed by atoms with Crippen LogP contribution >= 0.6 is 12.4 Å². The maximum Gasteiger partial charge on any atom is 0.242 e. The SMILES string of the molecule is Cl.O=C(C1COCCN1)N1CCOC(c2ccccc2)C1. The van der Waals surface area contributed by atoms with Crippen LogP contribution in [0.3, 0.4) is 0 Å². The van der Waals surface area contributed by atoms with Crippen molar-refractivity contribution in [2.45, 2.75) is 12.1 Å². The van der Waals surface area contributed by atoms with Gasteiger partial charge in [-0.15, -0.1) is 12.4 Å². The molecule has 0 saturated carbocycles. The molecule has 0 aromatic heterocycles. The quantitative estimate of drug-likeness (QED) is 0.885. The Balaban J connectivity index is 0.00000161. The van der Waals surface area contributed by atoms with Gasteiger partial charge in [0.05, 0.1) is 26.4 Å². The zero-order valence-corrected chi connectivity index (χ0v) is 12.7. The Hall–Kier alpha value is -1.14. The number of benzene rings is 1. The van der Waals surface area contributed by atoms with Gasteiger partial charge in [0.25, 0.3) is 0 Å². The first-order valence-corrected chi connectivity index (χ1v) is 7.11. The Bertz CT molecular complexity index is 451. The van der Waals surface area contributed by atoms with Crippen LogP contribution in [0.25, 0.3) is 0 Å². The summed E-state index contributed by atoms with van der Waals surface area (Å²) in [4.78, 5) is 14.3. The highest BCUT2D eigenvalue weighted by molar-refractivity contribution is 5.85. The van der Waals surface area contributed by atoms with Gasteiger partial charge >= 0.3 is 0 Å². The van der Waals surface area contributed by atoms with Crippen molar-refractivity contribution in [1.29, 1.82) is 0 Å². The van der Waals surface area contributed by atoms with Crippen molar-refractivity contribution < 1.29 is 14.3 Å². The molecule has 1 amide bonds. The lowest BCUT2D eigenvalue weighted by Crippen LogP contribution is -2.55. The minimum atomic E-state index is -0.210. The van der Waals surface area contributed by atoms with Gasteiger partial charge in [-0.05, 0) is 5.56 Å². The van der Waals surface area contributed by atoms with Crippen LogP contribution in [0.2, 0.25) is 0 Å². The van der Waals surface area contributed by atoms with E-state index >= 15 is 0 Å². The smallest absolute Gasteiger partial charge is 0.242 e. The molecule has 6 heteroatoms. The molecule has 2 atom stereocenters. The summed E-state index contributed by atoms with van der Waals surface area (Å²) in [5, 5.41) is 3.21. The van der Waals surface area contributed by atoms with Gasteiger partial charge in [0.2, 0.25) is 5.91 Å². The molecule has 1 N–H and O–H groups in total. The van der Waals surface area contributed by atoms with Gasteiger partial charge in [-0.25, -0.2) is 0 Å². The monoisotopic (exact) mass is 312 g/mol. The van der Waals surface area contributed by atoms with Crippen LogP contribution in [-0.4, -0.2) is 56.3 Å². The average Bonchev–Trinajstić information content (AvgIpc) is 2.56. The summed E-state index contributed by atoms with van der Waals surface area (Å²) in [5.41, 5.74) is 1.12. The number of nitrogens with zero attached hydrogens (tertiary/aromatic N) is 1. The molecule has 2 saturated heterocycles. The number of amides is 1. The maximum atomic E-state index is 12.5. The van der Waals surface area contributed by atoms with E-state index in [1.165, 1.54) is 0 Å². The maximum absolute atomic E-state index is 12.5. The van der Waals surface area contributed by atoms with Crippen LogP contribution < -0.4 is 5.32 Å². The second-order valence-corrected chi connectivity index (χ2v) is 5.14. The summed E-state index contributed by atoms with van der Waals surface area (Å²) in [7, 11) is 0. The van der Waals surface area contributed by atoms with E-state index in [-0.39, 0.29) is 30.5 Å². The number of rotatable bonds is 2. The molecule has 2 fully saturated rings. The van der Waals surface area contributed by atoms with Crippen molar-refractivity contribution in [2.75, 3.05) is 39.5 Å². The van der Waals surface area contributed by atoms with Gasteiger partial charge in [-0.2, -0.15) is 0 Å². The number of nitrogens with one attached hydrogen (secondary N) is 1. The first kappa shape index (κ1) is 16.2. The summed E-state index contributed by atoms with van der Waals surface area (Å²) in [6, 6.07) is 9.85. The summed E-state index contributed by atoms with van der Waals surface area (Å²) in [6.07, 6.45) is -0.0293. The predicted octanol–water partition coefficient (Wildman–Crippen LogP) is 0.997. The number of halogens is 1. The minimum Gasteiger partial charge on any atom is -0.378 e. The standard InChI is InChI=1S/C15H20N2O3.ClH/c18-15(13-11-19-8-6-16-13)17-7-9-20-14(10-17)12-4-2-1-3-5-12;/h1-5,13-14,16H,6-11H2;1H. The van der Waals surface area contributed by atoms with E-state index in [2.05, 4.69) is 5.32 Å². The fraction of sp³-hybridized carbons (Fsp3) is 0.533. The van der Waals surface area contributed by atoms with Crippen LogP contribution in [0.4, 0.5) is 0 Å². The summed E-state index contributed by atoms with van der Waals surface area (Å²) >= 11 is 0. The first-order valence-electron chi connectivity index (χ1n) is 7.11. The van der Waals surface area contributed by atoms with Crippen LogP contribution in [0, 0.1) is 0 Å². The molecule has 0 radical (unpaired) electrons. The Morgan fingerprint density at radius 2 is 2.05 bits per heavy atom. The van der Waals surface area contributed by atoms with Gasteiger partial charge in [0.1, 0.15) is 12.1 Å². The number of ether oxygens (including phenoxy) is 2. The molecule has 2 aliphatic heterocycles. The minimum absolute atomic E-state index is 0. The third-order valence-corrected chi connectivity index (χ3v) is 3.77. The van der Waals surface area contributed by atoms with Crippen molar-refractivity contribution in [3.8, 4) is 0 Å². The molecular weight excluding hydrogens is 292 g/mol. The first-order chi connectivity index (χ1) is 9.84. The van der Waals surface area contributed by atoms with Crippen molar-refractivity contribution in [1.82, 2.24) is 10.2 Å². The van der Waals surface area contributed by atoms with Crippen molar-refractivity contribution >= 4 is 18.3 Å². The third kappa shape index (κ3) is 3.95. The van der Waals surface area contributed by atoms with E-state index in [9.17, 15) is 4.79 Å². The highest BCUT2D eigenvalue weighted by atomic mass is 35.5. The van der Waals surface area contributed by atoms with Gasteiger partial charge < -0.3 is 19.7 Å². The van der Waals surface area contributed by atoms with E-state index < -0.39 is 0 Å². The molecule has 5 nitrogen and oxygen atoms in total. The summed E-state index contributed by atoms with van der Waals surface area (Å²) in [5.74, 6) is 0.119. The molecule has 1 aromatic rings. The zero-order valence-electron chi connectivity index (χ0n) is 11.9. The Labute approximate surface area is 131 Å². The molecule has 0 spiro atoms. The third-order valence-electron chi connectivity index (χ3n) is 3.77. The van der Waals surface area contributed by atoms with Crippen LogP contribution in [-0.2, 0) is 14.3 Å². The van der Waals surface area contributed by atoms with Crippen molar-refractivity contribution in [2.24, 2.45) is 0 Å². The summed E-state index contributed by atoms with van der Waals surface area (Å²) < 4.78 is 11.2. The molecule has 3 rings (SSSR count). The molecule has 2 heterocycles. The average molecular weight is 313 g/mol. The van der Waals surface area contributed by atoms with Gasteiger partial charge in [0, 0.05) is 13.1 Å². The highest BCUT2D eigenvalue weighted by Crippen LogP contribution is 2.22. The normalized spacial score (nSPS) is 26.0. The van der Waals surface area contributed by atoms with Crippen LogP contribution in [0.1, 0.15) is 11.7 Å². The van der Waals surface area contributed by atoms with Crippen LogP contribution in [0.15, 0.2) is 30.3 Å². The lowest BCUT2D eigenvalue weighted by atomic mass is 10.1. The Morgan fingerprint density at radius 1 is 1.24 bits per heavy atom. The molecule has 21 heavy (non-hydrogen) atoms. The molecule has 2 aliphatic rings. The molecule has 2 unspecified atom stereocenters. The fourth-order valence-corrected chi connectivity index (χ4v) is 2.66. The largest absolute Gasteiger partial charge is 0.378 e. The van der Waals surface area contributed by atoms with E-state index in [0.717, 1.165) is 12.1 Å². The zero-order chi connectivity index (χ0) is 13.8. The molecule has 1 aromatic carbocycles. The Morgan fingerprint density at radius 3 is 2.76 bits per heavy atom. The fourth-order valence-electron chi connectivity index (χ4n) is 2.66. The summed E-state index contributed by atoms with van der Waals surface area (Å²) in [6.45, 7) is 3.73. The molecule has 0 bridgehead atoms. The number of carbonyl (C=O) groups excluding carboxylic acids is 1. The number of hydrogen-bond donors (Lipinski definition) is 1. The number of morpholine rings is 2. The second-order valence-electron chi connectivity index (χ2n) is 5.14. The molecule has 116 valence electrons. The lowest BCUT2D eigenvalue weighted by Gasteiger charge is -2.36. The van der Waals surface area contributed by atoms with Gasteiger partial charge in [-0.3, -0.25) is 4.79 Å². The number of carbonyl (C=O) groups is 1. The highest BCUT2D eigenvalue weighted by Gasteiger charge is 2.30. The van der Waals surface area contributed by atoms with Crippen molar-refractivity contribution in [3.05, 3.63) is 35.9 Å². The molecule has 0 aliphatic carbocycles. The topological polar surface area (TPSA) is 50.8 Å². The van der Waals surface area contributed by atoms with Gasteiger partial charge in [-0.1, -0.05) is 30.3 Å². The van der Waals surface area contributed by atoms with Crippen LogP contribution in [0.5, 0.6) is 0 Å². The van der Waals surface area contributed by atoms with E-state index in [0.29, 0.717) is 32.9 Å². The molecular formula is C15H21ClN2O3. The van der Waals surface area contributed by atoms with E-state index in [1.54, 1.807) is 0 Å².